The van der Waals surface area contributed by atoms with Gasteiger partial charge in [0.1, 0.15) is 0 Å². The predicted molar refractivity (Wildman–Crippen MR) is 399 cm³/mol. The minimum absolute atomic E-state index is 1.05. The Kier molecular flexibility index (Phi) is 15.3. The quantitative estimate of drug-likeness (QED) is 0.0956. The fourth-order valence-electron chi connectivity index (χ4n) is 13.7. The van der Waals surface area contributed by atoms with Crippen LogP contribution in [0.1, 0.15) is 0 Å². The van der Waals surface area contributed by atoms with Gasteiger partial charge in [0.15, 0.2) is 0 Å². The fourth-order valence-corrected chi connectivity index (χ4v) is 13.7. The van der Waals surface area contributed by atoms with Crippen LogP contribution in [0, 0.1) is 0 Å². The Morgan fingerprint density at radius 2 is 0.340 bits per heavy atom. The van der Waals surface area contributed by atoms with Crippen molar-refractivity contribution in [2.75, 3.05) is 19.6 Å². The van der Waals surface area contributed by atoms with Gasteiger partial charge in [0.05, 0.1) is 11.4 Å². The first-order valence-electron chi connectivity index (χ1n) is 32.2. The summed E-state index contributed by atoms with van der Waals surface area (Å²) in [6.45, 7) is 0. The number of hydrogen-bond acceptors (Lipinski definition) is 4. The van der Waals surface area contributed by atoms with Crippen molar-refractivity contribution >= 4 is 101 Å². The molecule has 0 bridgehead atoms. The number of para-hydroxylation sites is 4. The van der Waals surface area contributed by atoms with Crippen LogP contribution < -0.4 is 19.6 Å². The van der Waals surface area contributed by atoms with E-state index in [1.807, 2.05) is 0 Å². The molecular formula is C90H64N4. The Bertz CT molecular complexity index is 4920. The molecule has 16 rings (SSSR count). The smallest absolute Gasteiger partial charge is 0.0540 e. The minimum Gasteiger partial charge on any atom is -0.311 e. The van der Waals surface area contributed by atoms with E-state index in [9.17, 15) is 0 Å². The van der Waals surface area contributed by atoms with Crippen LogP contribution in [0.4, 0.5) is 68.2 Å². The van der Waals surface area contributed by atoms with Crippen molar-refractivity contribution in [2.24, 2.45) is 0 Å². The summed E-state index contributed by atoms with van der Waals surface area (Å²) in [5.41, 5.74) is 22.2. The van der Waals surface area contributed by atoms with Crippen LogP contribution in [0.3, 0.4) is 0 Å². The maximum absolute atomic E-state index is 2.36. The van der Waals surface area contributed by atoms with E-state index < -0.39 is 0 Å². The third-order valence-corrected chi connectivity index (χ3v) is 18.0. The van der Waals surface area contributed by atoms with Gasteiger partial charge >= 0.3 is 0 Å². The molecule has 0 unspecified atom stereocenters. The molecule has 0 atom stereocenters. The lowest BCUT2D eigenvalue weighted by atomic mass is 9.79. The molecule has 16 aromatic carbocycles. The van der Waals surface area contributed by atoms with Gasteiger partial charge in [0.25, 0.3) is 0 Å². The normalized spacial score (nSPS) is 11.2. The molecule has 0 aliphatic heterocycles. The van der Waals surface area contributed by atoms with Crippen LogP contribution >= 0.6 is 0 Å². The van der Waals surface area contributed by atoms with Crippen molar-refractivity contribution < 1.29 is 0 Å². The van der Waals surface area contributed by atoms with E-state index in [0.29, 0.717) is 0 Å². The van der Waals surface area contributed by atoms with Crippen LogP contribution in [0.15, 0.2) is 388 Å². The third-order valence-electron chi connectivity index (χ3n) is 18.0. The zero-order valence-electron chi connectivity index (χ0n) is 51.7. The van der Waals surface area contributed by atoms with Gasteiger partial charge in [0.2, 0.25) is 0 Å². The van der Waals surface area contributed by atoms with Gasteiger partial charge in [-0.1, -0.05) is 255 Å². The van der Waals surface area contributed by atoms with Gasteiger partial charge in [-0.2, -0.15) is 0 Å². The first-order chi connectivity index (χ1) is 46.7. The molecule has 0 aromatic heterocycles. The minimum atomic E-state index is 1.05. The Morgan fingerprint density at radius 3 is 0.660 bits per heavy atom. The van der Waals surface area contributed by atoms with Crippen molar-refractivity contribution in [1.29, 1.82) is 0 Å². The summed E-state index contributed by atoms with van der Waals surface area (Å²) in [5.74, 6) is 0. The van der Waals surface area contributed by atoms with Crippen LogP contribution in [0.5, 0.6) is 0 Å². The lowest BCUT2D eigenvalue weighted by Crippen LogP contribution is -2.12. The van der Waals surface area contributed by atoms with E-state index in [2.05, 4.69) is 408 Å². The molecule has 0 aliphatic carbocycles. The van der Waals surface area contributed by atoms with Gasteiger partial charge in [-0.15, -0.1) is 0 Å². The third kappa shape index (κ3) is 10.8. The lowest BCUT2D eigenvalue weighted by molar-refractivity contribution is 1.26. The number of anilines is 12. The molecule has 0 amide bonds. The first-order valence-corrected chi connectivity index (χ1v) is 32.2. The first kappa shape index (κ1) is 56.7. The Balaban J connectivity index is 0.803. The highest BCUT2D eigenvalue weighted by molar-refractivity contribution is 6.18. The number of hydrogen-bond donors (Lipinski definition) is 0. The van der Waals surface area contributed by atoms with Crippen LogP contribution in [0.25, 0.3) is 76.8 Å². The fraction of sp³-hybridized carbons (Fsp3) is 0. The number of fused-ring (bicyclic) bond motifs is 3. The summed E-state index contributed by atoms with van der Waals surface area (Å²) in [6.07, 6.45) is 0. The second-order valence-electron chi connectivity index (χ2n) is 23.6. The van der Waals surface area contributed by atoms with Crippen LogP contribution in [-0.2, 0) is 0 Å². The molecule has 94 heavy (non-hydrogen) atoms. The topological polar surface area (TPSA) is 13.0 Å². The number of nitrogens with zero attached hydrogens (tertiary/aromatic N) is 4. The number of rotatable bonds is 16. The van der Waals surface area contributed by atoms with E-state index >= 15 is 0 Å². The van der Waals surface area contributed by atoms with Gasteiger partial charge in [0, 0.05) is 67.6 Å². The average molecular weight is 1200 g/mol. The lowest BCUT2D eigenvalue weighted by Gasteiger charge is -2.29. The second-order valence-corrected chi connectivity index (χ2v) is 23.6. The maximum Gasteiger partial charge on any atom is 0.0540 e. The van der Waals surface area contributed by atoms with Crippen molar-refractivity contribution in [2.45, 2.75) is 0 Å². The summed E-state index contributed by atoms with van der Waals surface area (Å²) >= 11 is 0. The molecule has 0 saturated carbocycles. The average Bonchev–Trinajstić information content (AvgIpc) is 0.727. The van der Waals surface area contributed by atoms with Gasteiger partial charge in [-0.25, -0.2) is 0 Å². The van der Waals surface area contributed by atoms with E-state index in [0.717, 1.165) is 90.5 Å². The molecule has 0 fully saturated rings. The van der Waals surface area contributed by atoms with Gasteiger partial charge < -0.3 is 19.6 Å². The Hall–Kier alpha value is -12.5. The van der Waals surface area contributed by atoms with E-state index in [1.54, 1.807) is 0 Å². The Labute approximate surface area is 549 Å². The van der Waals surface area contributed by atoms with Crippen molar-refractivity contribution in [3.8, 4) is 44.5 Å². The van der Waals surface area contributed by atoms with Crippen molar-refractivity contribution in [1.82, 2.24) is 0 Å². The molecule has 0 aliphatic rings. The highest BCUT2D eigenvalue weighted by Gasteiger charge is 2.26. The van der Waals surface area contributed by atoms with Crippen molar-refractivity contribution in [3.05, 3.63) is 388 Å². The summed E-state index contributed by atoms with van der Waals surface area (Å²) in [6, 6.07) is 141. The molecule has 0 radical (unpaired) electrons. The standard InChI is InChI=1S/C90H64N4/c1-7-29-67(30-8-1)89-87(69-49-53-75(54-50-69)91(71-35-11-3-12-36-71)77-57-61-79(62-58-77)93(73-39-15-5-16-40-73)85-47-25-33-65-27-19-21-43-81(65)85)83-45-23-24-46-84(83)88(90(89)68-31-9-2-10-32-68)70-51-55-76(56-52-70)92(72-37-13-4-14-38-72)78-59-63-80(64-60-78)94(74-41-17-6-18-42-74)86-48-26-34-66-28-20-22-44-82(66)86/h1-64H. The van der Waals surface area contributed by atoms with E-state index in [-0.39, 0.29) is 0 Å². The van der Waals surface area contributed by atoms with Gasteiger partial charge in [-0.3, -0.25) is 0 Å². The Morgan fingerprint density at radius 1 is 0.128 bits per heavy atom. The molecule has 0 saturated heterocycles. The monoisotopic (exact) mass is 1200 g/mol. The highest BCUT2D eigenvalue weighted by Crippen LogP contribution is 2.52. The molecule has 0 N–H and O–H groups in total. The predicted octanol–water partition coefficient (Wildman–Crippen LogP) is 25.7. The SMILES string of the molecule is c1ccc(-c2c(-c3ccccc3)c(-c3ccc(N(c4ccccc4)c4ccc(N(c5ccccc5)c5cccc6ccccc56)cc4)cc3)c3ccccc3c2-c2ccc(N(c3ccccc3)c3ccc(N(c4ccccc4)c4cccc5ccccc45)cc3)cc2)cc1. The maximum atomic E-state index is 2.36. The summed E-state index contributed by atoms with van der Waals surface area (Å²) in [7, 11) is 0. The molecule has 4 nitrogen and oxygen atoms in total. The van der Waals surface area contributed by atoms with Crippen molar-refractivity contribution in [3.63, 3.8) is 0 Å². The zero-order chi connectivity index (χ0) is 62.6. The highest BCUT2D eigenvalue weighted by atomic mass is 15.2. The second kappa shape index (κ2) is 25.4. The zero-order valence-corrected chi connectivity index (χ0v) is 51.7. The van der Waals surface area contributed by atoms with Crippen LogP contribution in [-0.4, -0.2) is 0 Å². The molecule has 444 valence electrons. The largest absolute Gasteiger partial charge is 0.311 e. The summed E-state index contributed by atoms with van der Waals surface area (Å²) < 4.78 is 0. The molecule has 4 heteroatoms. The van der Waals surface area contributed by atoms with E-state index in [1.165, 1.54) is 54.6 Å². The summed E-state index contributed by atoms with van der Waals surface area (Å²) in [5, 5.41) is 7.15. The van der Waals surface area contributed by atoms with Crippen LogP contribution in [0.2, 0.25) is 0 Å². The molecular weight excluding hydrogens is 1140 g/mol. The molecule has 0 spiro atoms. The number of benzene rings is 16. The summed E-state index contributed by atoms with van der Waals surface area (Å²) in [4.78, 5) is 9.44. The molecule has 0 heterocycles. The van der Waals surface area contributed by atoms with E-state index in [4.69, 9.17) is 0 Å². The molecule has 16 aromatic rings. The van der Waals surface area contributed by atoms with Gasteiger partial charge in [-0.05, 0) is 200 Å².